The van der Waals surface area contributed by atoms with Crippen LogP contribution < -0.4 is 0 Å². The Balaban J connectivity index is 1.52. The number of hydrogen-bond donors (Lipinski definition) is 0. The van der Waals surface area contributed by atoms with Crippen molar-refractivity contribution in [2.75, 3.05) is 26.2 Å². The Morgan fingerprint density at radius 2 is 2.00 bits per heavy atom. The van der Waals surface area contributed by atoms with E-state index >= 15 is 0 Å². The minimum atomic E-state index is 0.353. The second kappa shape index (κ2) is 5.56. The quantitative estimate of drug-likeness (QED) is 0.831. The van der Waals surface area contributed by atoms with E-state index in [0.717, 1.165) is 57.8 Å². The molecule has 3 rings (SSSR count). The van der Waals surface area contributed by atoms with Crippen LogP contribution in [0.25, 0.3) is 0 Å². The summed E-state index contributed by atoms with van der Waals surface area (Å²) < 4.78 is 2.00. The predicted molar refractivity (Wildman–Crippen MR) is 77.2 cm³/mol. The van der Waals surface area contributed by atoms with Crippen molar-refractivity contribution in [1.29, 1.82) is 0 Å². The van der Waals surface area contributed by atoms with E-state index in [1.165, 1.54) is 5.56 Å². The first kappa shape index (κ1) is 13.6. The van der Waals surface area contributed by atoms with Crippen molar-refractivity contribution in [2.24, 2.45) is 5.92 Å². The standard InChI is InChI=1S/C15H24N4O/c1-3-19-11-14(12(2)16-19)10-17-6-8-18(9-7-17)15(20)13-4-5-13/h11,13H,3-10H2,1-2H3. The molecule has 5 nitrogen and oxygen atoms in total. The maximum atomic E-state index is 12.0. The molecule has 0 N–H and O–H groups in total. The van der Waals surface area contributed by atoms with Gasteiger partial charge in [0.15, 0.2) is 0 Å². The third kappa shape index (κ3) is 2.87. The van der Waals surface area contributed by atoms with Gasteiger partial charge in [-0.3, -0.25) is 14.4 Å². The van der Waals surface area contributed by atoms with Gasteiger partial charge in [-0.15, -0.1) is 0 Å². The monoisotopic (exact) mass is 276 g/mol. The van der Waals surface area contributed by atoms with E-state index in [9.17, 15) is 4.79 Å². The van der Waals surface area contributed by atoms with E-state index in [4.69, 9.17) is 0 Å². The van der Waals surface area contributed by atoms with Crippen LogP contribution in [0, 0.1) is 12.8 Å². The Morgan fingerprint density at radius 1 is 1.30 bits per heavy atom. The molecule has 0 unspecified atom stereocenters. The molecule has 1 aliphatic carbocycles. The lowest BCUT2D eigenvalue weighted by atomic mass is 10.2. The van der Waals surface area contributed by atoms with Gasteiger partial charge in [0.2, 0.25) is 5.91 Å². The second-order valence-electron chi connectivity index (χ2n) is 5.97. The Morgan fingerprint density at radius 3 is 2.55 bits per heavy atom. The van der Waals surface area contributed by atoms with Crippen molar-refractivity contribution in [1.82, 2.24) is 19.6 Å². The van der Waals surface area contributed by atoms with Gasteiger partial charge in [0.05, 0.1) is 5.69 Å². The van der Waals surface area contributed by atoms with Gasteiger partial charge in [0, 0.05) is 56.9 Å². The number of hydrogen-bond acceptors (Lipinski definition) is 3. The first-order valence-electron chi connectivity index (χ1n) is 7.71. The lowest BCUT2D eigenvalue weighted by Crippen LogP contribution is -2.48. The van der Waals surface area contributed by atoms with Crippen LogP contribution >= 0.6 is 0 Å². The molecule has 1 aliphatic heterocycles. The molecule has 1 amide bonds. The average Bonchev–Trinajstić information content (AvgIpc) is 3.25. The number of aryl methyl sites for hydroxylation is 2. The fraction of sp³-hybridized carbons (Fsp3) is 0.733. The molecule has 0 radical (unpaired) electrons. The van der Waals surface area contributed by atoms with E-state index in [2.05, 4.69) is 34.9 Å². The summed E-state index contributed by atoms with van der Waals surface area (Å²) in [4.78, 5) is 16.5. The van der Waals surface area contributed by atoms with Crippen molar-refractivity contribution in [3.63, 3.8) is 0 Å². The molecule has 2 aliphatic rings. The summed E-state index contributed by atoms with van der Waals surface area (Å²) in [7, 11) is 0. The molecule has 110 valence electrons. The van der Waals surface area contributed by atoms with Gasteiger partial charge in [0.1, 0.15) is 0 Å². The van der Waals surface area contributed by atoms with Crippen LogP contribution in [-0.4, -0.2) is 51.7 Å². The van der Waals surface area contributed by atoms with Gasteiger partial charge >= 0.3 is 0 Å². The van der Waals surface area contributed by atoms with Gasteiger partial charge in [-0.2, -0.15) is 5.10 Å². The zero-order valence-corrected chi connectivity index (χ0v) is 12.5. The van der Waals surface area contributed by atoms with Crippen molar-refractivity contribution < 1.29 is 4.79 Å². The van der Waals surface area contributed by atoms with Crippen molar-refractivity contribution >= 4 is 5.91 Å². The zero-order chi connectivity index (χ0) is 14.1. The summed E-state index contributed by atoms with van der Waals surface area (Å²) in [5.74, 6) is 0.742. The Kier molecular flexibility index (Phi) is 3.78. The third-order valence-electron chi connectivity index (χ3n) is 4.38. The van der Waals surface area contributed by atoms with E-state index in [1.807, 2.05) is 4.68 Å². The van der Waals surface area contributed by atoms with Crippen molar-refractivity contribution in [3.05, 3.63) is 17.5 Å². The first-order chi connectivity index (χ1) is 9.67. The summed E-state index contributed by atoms with van der Waals surface area (Å²) in [5.41, 5.74) is 2.44. The second-order valence-corrected chi connectivity index (χ2v) is 5.97. The van der Waals surface area contributed by atoms with Crippen LogP contribution in [0.4, 0.5) is 0 Å². The summed E-state index contributed by atoms with van der Waals surface area (Å²) >= 11 is 0. The number of carbonyl (C=O) groups is 1. The normalized spacial score (nSPS) is 20.4. The highest BCUT2D eigenvalue weighted by Gasteiger charge is 2.34. The number of amides is 1. The lowest BCUT2D eigenvalue weighted by Gasteiger charge is -2.34. The maximum absolute atomic E-state index is 12.0. The number of rotatable bonds is 4. The van der Waals surface area contributed by atoms with Gasteiger partial charge in [-0.25, -0.2) is 0 Å². The SMILES string of the molecule is CCn1cc(CN2CCN(C(=O)C3CC3)CC2)c(C)n1. The van der Waals surface area contributed by atoms with Crippen LogP contribution in [0.2, 0.25) is 0 Å². The van der Waals surface area contributed by atoms with Gasteiger partial charge in [0.25, 0.3) is 0 Å². The predicted octanol–water partition coefficient (Wildman–Crippen LogP) is 1.27. The van der Waals surface area contributed by atoms with Crippen molar-refractivity contribution in [3.8, 4) is 0 Å². The molecule has 0 aromatic carbocycles. The van der Waals surface area contributed by atoms with Gasteiger partial charge in [-0.1, -0.05) is 0 Å². The molecule has 20 heavy (non-hydrogen) atoms. The fourth-order valence-corrected chi connectivity index (χ4v) is 2.83. The molecule has 1 aromatic heterocycles. The number of nitrogens with zero attached hydrogens (tertiary/aromatic N) is 4. The van der Waals surface area contributed by atoms with Crippen LogP contribution in [0.3, 0.4) is 0 Å². The Labute approximate surface area is 120 Å². The summed E-state index contributed by atoms with van der Waals surface area (Å²) in [6.07, 6.45) is 4.36. The molecule has 1 saturated carbocycles. The first-order valence-corrected chi connectivity index (χ1v) is 7.71. The number of carbonyl (C=O) groups excluding carboxylic acids is 1. The molecular weight excluding hydrogens is 252 g/mol. The van der Waals surface area contributed by atoms with Crippen LogP contribution in [-0.2, 0) is 17.9 Å². The smallest absolute Gasteiger partial charge is 0.225 e. The van der Waals surface area contributed by atoms with E-state index in [1.54, 1.807) is 0 Å². The lowest BCUT2D eigenvalue weighted by molar-refractivity contribution is -0.134. The Bertz CT molecular complexity index is 484. The summed E-state index contributed by atoms with van der Waals surface area (Å²) in [5, 5.41) is 4.49. The molecule has 2 fully saturated rings. The average molecular weight is 276 g/mol. The van der Waals surface area contributed by atoms with Gasteiger partial charge in [-0.05, 0) is 26.7 Å². The highest BCUT2D eigenvalue weighted by molar-refractivity contribution is 5.81. The van der Waals surface area contributed by atoms with Crippen molar-refractivity contribution in [2.45, 2.75) is 39.8 Å². The molecule has 5 heteroatoms. The largest absolute Gasteiger partial charge is 0.340 e. The van der Waals surface area contributed by atoms with E-state index < -0.39 is 0 Å². The van der Waals surface area contributed by atoms with E-state index in [0.29, 0.717) is 11.8 Å². The highest BCUT2D eigenvalue weighted by Crippen LogP contribution is 2.31. The van der Waals surface area contributed by atoms with Crippen LogP contribution in [0.5, 0.6) is 0 Å². The molecular formula is C15H24N4O. The summed E-state index contributed by atoms with van der Waals surface area (Å²) in [6.45, 7) is 9.80. The Hall–Kier alpha value is -1.36. The molecule has 0 spiro atoms. The fourth-order valence-electron chi connectivity index (χ4n) is 2.83. The molecule has 2 heterocycles. The van der Waals surface area contributed by atoms with Crippen LogP contribution in [0.1, 0.15) is 31.0 Å². The number of aromatic nitrogens is 2. The minimum Gasteiger partial charge on any atom is -0.340 e. The number of piperazine rings is 1. The molecule has 0 atom stereocenters. The zero-order valence-electron chi connectivity index (χ0n) is 12.5. The topological polar surface area (TPSA) is 41.4 Å². The molecule has 1 saturated heterocycles. The maximum Gasteiger partial charge on any atom is 0.225 e. The van der Waals surface area contributed by atoms with E-state index in [-0.39, 0.29) is 0 Å². The minimum absolute atomic E-state index is 0.353. The molecule has 0 bridgehead atoms. The third-order valence-corrected chi connectivity index (χ3v) is 4.38. The highest BCUT2D eigenvalue weighted by atomic mass is 16.2. The van der Waals surface area contributed by atoms with Crippen LogP contribution in [0.15, 0.2) is 6.20 Å². The summed E-state index contributed by atoms with van der Waals surface area (Å²) in [6, 6.07) is 0. The van der Waals surface area contributed by atoms with Gasteiger partial charge < -0.3 is 4.90 Å². The molecule has 1 aromatic rings.